The molecule has 0 saturated carbocycles. The second-order valence-corrected chi connectivity index (χ2v) is 5.49. The van der Waals surface area contributed by atoms with Crippen LogP contribution in [0.5, 0.6) is 0 Å². The smallest absolute Gasteiger partial charge is 0.352 e. The Kier molecular flexibility index (Phi) is 5.60. The van der Waals surface area contributed by atoms with Crippen LogP contribution in [-0.4, -0.2) is 18.5 Å². The zero-order valence-electron chi connectivity index (χ0n) is 10.2. The van der Waals surface area contributed by atoms with E-state index in [0.29, 0.717) is 16.5 Å². The van der Waals surface area contributed by atoms with Crippen molar-refractivity contribution >= 4 is 28.5 Å². The SMILES string of the molecule is CC(N)CCNC(=O)c1cc(I)cc(C(F)(F)F)c1. The number of carbonyl (C=O) groups is 1. The van der Waals surface area contributed by atoms with Gasteiger partial charge >= 0.3 is 6.18 Å². The summed E-state index contributed by atoms with van der Waals surface area (Å²) in [4.78, 5) is 11.7. The number of carbonyl (C=O) groups excluding carboxylic acids is 1. The first-order valence-corrected chi connectivity index (χ1v) is 6.69. The molecule has 1 aromatic rings. The van der Waals surface area contributed by atoms with E-state index in [1.54, 1.807) is 29.5 Å². The van der Waals surface area contributed by atoms with E-state index >= 15 is 0 Å². The average molecular weight is 386 g/mol. The van der Waals surface area contributed by atoms with E-state index in [1.165, 1.54) is 6.07 Å². The van der Waals surface area contributed by atoms with Gasteiger partial charge in [0, 0.05) is 21.7 Å². The molecule has 1 rings (SSSR count). The molecule has 0 radical (unpaired) electrons. The Labute approximate surface area is 122 Å². The standard InChI is InChI=1S/C12H14F3IN2O/c1-7(17)2-3-18-11(19)8-4-9(12(13,14)15)6-10(16)5-8/h4-7H,2-3,17H2,1H3,(H,18,19). The van der Waals surface area contributed by atoms with Gasteiger partial charge in [0.25, 0.3) is 5.91 Å². The highest BCUT2D eigenvalue weighted by Gasteiger charge is 2.31. The van der Waals surface area contributed by atoms with Crippen LogP contribution < -0.4 is 11.1 Å². The van der Waals surface area contributed by atoms with Gasteiger partial charge < -0.3 is 11.1 Å². The number of nitrogens with one attached hydrogen (secondary N) is 1. The van der Waals surface area contributed by atoms with Crippen molar-refractivity contribution in [2.75, 3.05) is 6.54 Å². The molecule has 0 saturated heterocycles. The predicted octanol–water partition coefficient (Wildman–Crippen LogP) is 2.78. The molecule has 1 amide bonds. The Morgan fingerprint density at radius 3 is 2.58 bits per heavy atom. The highest BCUT2D eigenvalue weighted by molar-refractivity contribution is 14.1. The van der Waals surface area contributed by atoms with Crippen LogP contribution in [0, 0.1) is 3.57 Å². The minimum atomic E-state index is -4.46. The molecule has 0 fully saturated rings. The van der Waals surface area contributed by atoms with E-state index < -0.39 is 17.6 Å². The first-order chi connectivity index (χ1) is 8.70. The molecule has 1 aromatic carbocycles. The maximum absolute atomic E-state index is 12.6. The minimum Gasteiger partial charge on any atom is -0.352 e. The van der Waals surface area contributed by atoms with Crippen molar-refractivity contribution in [3.63, 3.8) is 0 Å². The highest BCUT2D eigenvalue weighted by atomic mass is 127. The number of amides is 1. The van der Waals surface area contributed by atoms with Crippen molar-refractivity contribution in [1.29, 1.82) is 0 Å². The number of alkyl halides is 3. The summed E-state index contributed by atoms with van der Waals surface area (Å²) in [5.74, 6) is -0.523. The number of hydrogen-bond donors (Lipinski definition) is 2. The van der Waals surface area contributed by atoms with Gasteiger partial charge in [0.15, 0.2) is 0 Å². The van der Waals surface area contributed by atoms with Crippen LogP contribution in [0.1, 0.15) is 29.3 Å². The van der Waals surface area contributed by atoms with E-state index in [9.17, 15) is 18.0 Å². The summed E-state index contributed by atoms with van der Waals surface area (Å²) in [6.45, 7) is 2.13. The van der Waals surface area contributed by atoms with Crippen LogP contribution in [-0.2, 0) is 6.18 Å². The topological polar surface area (TPSA) is 55.1 Å². The Bertz CT molecular complexity index is 461. The number of hydrogen-bond acceptors (Lipinski definition) is 2. The quantitative estimate of drug-likeness (QED) is 0.783. The van der Waals surface area contributed by atoms with Gasteiger partial charge in [0.05, 0.1) is 5.56 Å². The molecule has 1 unspecified atom stereocenters. The molecule has 0 aliphatic heterocycles. The lowest BCUT2D eigenvalue weighted by Crippen LogP contribution is -2.29. The summed E-state index contributed by atoms with van der Waals surface area (Å²) in [6.07, 6.45) is -3.89. The first kappa shape index (κ1) is 16.2. The van der Waals surface area contributed by atoms with Crippen molar-refractivity contribution in [3.8, 4) is 0 Å². The fourth-order valence-electron chi connectivity index (χ4n) is 1.40. The molecule has 0 spiro atoms. The maximum atomic E-state index is 12.6. The van der Waals surface area contributed by atoms with Crippen LogP contribution in [0.4, 0.5) is 13.2 Å². The molecule has 3 nitrogen and oxygen atoms in total. The molecule has 0 aromatic heterocycles. The molecule has 0 bridgehead atoms. The van der Waals surface area contributed by atoms with Gasteiger partial charge in [-0.1, -0.05) is 0 Å². The summed E-state index contributed by atoms with van der Waals surface area (Å²) in [5, 5.41) is 2.55. The normalized spacial score (nSPS) is 13.2. The van der Waals surface area contributed by atoms with E-state index in [1.807, 2.05) is 0 Å². The fraction of sp³-hybridized carbons (Fsp3) is 0.417. The molecule has 3 N–H and O–H groups in total. The molecule has 0 aliphatic carbocycles. The maximum Gasteiger partial charge on any atom is 0.416 e. The molecule has 0 aliphatic rings. The zero-order valence-corrected chi connectivity index (χ0v) is 12.4. The van der Waals surface area contributed by atoms with Crippen molar-refractivity contribution in [3.05, 3.63) is 32.9 Å². The summed E-state index contributed by atoms with van der Waals surface area (Å²) < 4.78 is 38.2. The van der Waals surface area contributed by atoms with Crippen molar-refractivity contribution < 1.29 is 18.0 Å². The van der Waals surface area contributed by atoms with Gasteiger partial charge in [-0.05, 0) is 54.1 Å². The van der Waals surface area contributed by atoms with Gasteiger partial charge in [-0.2, -0.15) is 13.2 Å². The lowest BCUT2D eigenvalue weighted by atomic mass is 10.1. The molecule has 19 heavy (non-hydrogen) atoms. The Morgan fingerprint density at radius 1 is 1.42 bits per heavy atom. The monoisotopic (exact) mass is 386 g/mol. The van der Waals surface area contributed by atoms with Gasteiger partial charge in [-0.25, -0.2) is 0 Å². The number of halogens is 4. The molecular formula is C12H14F3IN2O. The minimum absolute atomic E-state index is 0.00361. The molecular weight excluding hydrogens is 372 g/mol. The van der Waals surface area contributed by atoms with Crippen LogP contribution >= 0.6 is 22.6 Å². The number of benzene rings is 1. The third kappa shape index (κ3) is 5.35. The third-order valence-electron chi connectivity index (χ3n) is 2.37. The van der Waals surface area contributed by atoms with Crippen molar-refractivity contribution in [1.82, 2.24) is 5.32 Å². The Morgan fingerprint density at radius 2 is 2.05 bits per heavy atom. The van der Waals surface area contributed by atoms with E-state index in [0.717, 1.165) is 12.1 Å². The zero-order chi connectivity index (χ0) is 14.6. The molecule has 106 valence electrons. The van der Waals surface area contributed by atoms with Crippen LogP contribution in [0.25, 0.3) is 0 Å². The lowest BCUT2D eigenvalue weighted by Gasteiger charge is -2.11. The van der Waals surface area contributed by atoms with Crippen molar-refractivity contribution in [2.45, 2.75) is 25.6 Å². The predicted molar refractivity (Wildman–Crippen MR) is 74.8 cm³/mol. The Balaban J connectivity index is 2.83. The number of nitrogens with two attached hydrogens (primary N) is 1. The third-order valence-corrected chi connectivity index (χ3v) is 3.00. The van der Waals surface area contributed by atoms with Crippen LogP contribution in [0.2, 0.25) is 0 Å². The number of rotatable bonds is 4. The summed E-state index contributed by atoms with van der Waals surface area (Å²) in [7, 11) is 0. The van der Waals surface area contributed by atoms with Crippen LogP contribution in [0.3, 0.4) is 0 Å². The highest BCUT2D eigenvalue weighted by Crippen LogP contribution is 2.31. The summed E-state index contributed by atoms with van der Waals surface area (Å²) in [5.41, 5.74) is 4.70. The van der Waals surface area contributed by atoms with Gasteiger partial charge in [0.1, 0.15) is 0 Å². The van der Waals surface area contributed by atoms with Gasteiger partial charge in [0.2, 0.25) is 0 Å². The second kappa shape index (κ2) is 6.56. The molecule has 1 atom stereocenters. The van der Waals surface area contributed by atoms with Crippen molar-refractivity contribution in [2.24, 2.45) is 5.73 Å². The van der Waals surface area contributed by atoms with E-state index in [2.05, 4.69) is 5.32 Å². The lowest BCUT2D eigenvalue weighted by molar-refractivity contribution is -0.137. The fourth-order valence-corrected chi connectivity index (χ4v) is 2.07. The summed E-state index contributed by atoms with van der Waals surface area (Å²) >= 11 is 1.75. The van der Waals surface area contributed by atoms with Gasteiger partial charge in [-0.3, -0.25) is 4.79 Å². The van der Waals surface area contributed by atoms with Crippen LogP contribution in [0.15, 0.2) is 18.2 Å². The molecule has 7 heteroatoms. The second-order valence-electron chi connectivity index (χ2n) is 4.25. The van der Waals surface area contributed by atoms with E-state index in [4.69, 9.17) is 5.73 Å². The van der Waals surface area contributed by atoms with Gasteiger partial charge in [-0.15, -0.1) is 0 Å². The summed E-state index contributed by atoms with van der Waals surface area (Å²) in [6, 6.07) is 3.20. The largest absolute Gasteiger partial charge is 0.416 e. The molecule has 0 heterocycles. The Hall–Kier alpha value is -0.830. The van der Waals surface area contributed by atoms with E-state index in [-0.39, 0.29) is 11.6 Å². The average Bonchev–Trinajstić information content (AvgIpc) is 2.26. The first-order valence-electron chi connectivity index (χ1n) is 5.61.